The third-order valence-electron chi connectivity index (χ3n) is 6.86. The van der Waals surface area contributed by atoms with Crippen molar-refractivity contribution in [3.8, 4) is 6.07 Å². The van der Waals surface area contributed by atoms with Crippen LogP contribution in [0.2, 0.25) is 0 Å². The van der Waals surface area contributed by atoms with E-state index in [-0.39, 0.29) is 22.9 Å². The molecule has 2 saturated carbocycles. The van der Waals surface area contributed by atoms with Gasteiger partial charge in [0.05, 0.1) is 11.6 Å². The summed E-state index contributed by atoms with van der Waals surface area (Å²) in [7, 11) is 0. The number of aromatic amines is 1. The van der Waals surface area contributed by atoms with Crippen molar-refractivity contribution in [2.45, 2.75) is 38.1 Å². The third-order valence-corrected chi connectivity index (χ3v) is 6.86. The van der Waals surface area contributed by atoms with Crippen molar-refractivity contribution in [1.29, 1.82) is 5.26 Å². The molecule has 30 heavy (non-hydrogen) atoms. The van der Waals surface area contributed by atoms with Crippen LogP contribution in [-0.4, -0.2) is 16.9 Å². The van der Waals surface area contributed by atoms with Crippen molar-refractivity contribution in [3.63, 3.8) is 0 Å². The molecule has 2 fully saturated rings. The predicted molar refractivity (Wildman–Crippen MR) is 112 cm³/mol. The average Bonchev–Trinajstić information content (AvgIpc) is 3.38. The zero-order valence-corrected chi connectivity index (χ0v) is 16.5. The third kappa shape index (κ3) is 3.15. The number of benzene rings is 2. The van der Waals surface area contributed by atoms with E-state index in [4.69, 9.17) is 0 Å². The summed E-state index contributed by atoms with van der Waals surface area (Å²) in [5.41, 5.74) is 0.600. The number of amides is 1. The zero-order chi connectivity index (χ0) is 20.8. The lowest BCUT2D eigenvalue weighted by Crippen LogP contribution is -2.41. The second-order valence-corrected chi connectivity index (χ2v) is 8.67. The van der Waals surface area contributed by atoms with E-state index in [0.717, 1.165) is 24.8 Å². The maximum atomic E-state index is 14.1. The van der Waals surface area contributed by atoms with Crippen molar-refractivity contribution >= 4 is 27.6 Å². The van der Waals surface area contributed by atoms with Crippen LogP contribution in [-0.2, 0) is 11.2 Å². The first-order valence-electron chi connectivity index (χ1n) is 10.5. The molecule has 3 aromatic rings. The van der Waals surface area contributed by atoms with Crippen molar-refractivity contribution in [1.82, 2.24) is 10.3 Å². The van der Waals surface area contributed by atoms with Gasteiger partial charge in [-0.15, -0.1) is 0 Å². The Morgan fingerprint density at radius 3 is 2.80 bits per heavy atom. The number of para-hydroxylation sites is 1. The van der Waals surface area contributed by atoms with Gasteiger partial charge in [-0.3, -0.25) is 9.59 Å². The van der Waals surface area contributed by atoms with Gasteiger partial charge in [-0.05, 0) is 54.2 Å². The highest BCUT2D eigenvalue weighted by Crippen LogP contribution is 2.48. The summed E-state index contributed by atoms with van der Waals surface area (Å²) in [5.74, 6) is 0.665. The van der Waals surface area contributed by atoms with Crippen LogP contribution in [0, 0.1) is 34.9 Å². The Balaban J connectivity index is 1.39. The number of nitrogens with one attached hydrogen (secondary N) is 2. The van der Waals surface area contributed by atoms with E-state index >= 15 is 0 Å². The number of H-pyrrole nitrogens is 1. The van der Waals surface area contributed by atoms with Crippen molar-refractivity contribution in [2.24, 2.45) is 17.8 Å². The molecule has 1 heterocycles. The van der Waals surface area contributed by atoms with E-state index < -0.39 is 11.9 Å². The summed E-state index contributed by atoms with van der Waals surface area (Å²) in [6.45, 7) is 0. The van der Waals surface area contributed by atoms with E-state index in [0.29, 0.717) is 34.4 Å². The fourth-order valence-electron chi connectivity index (χ4n) is 5.41. The van der Waals surface area contributed by atoms with Gasteiger partial charge in [-0.25, -0.2) is 4.39 Å². The lowest BCUT2D eigenvalue weighted by molar-refractivity contribution is -0.126. The minimum Gasteiger partial charge on any atom is -0.340 e. The smallest absolute Gasteiger partial charge is 0.256 e. The van der Waals surface area contributed by atoms with Crippen LogP contribution in [0.25, 0.3) is 21.7 Å². The number of nitriles is 1. The Bertz CT molecular complexity index is 1260. The van der Waals surface area contributed by atoms with Crippen molar-refractivity contribution < 1.29 is 9.18 Å². The van der Waals surface area contributed by atoms with E-state index in [1.54, 1.807) is 24.3 Å². The molecule has 2 aliphatic carbocycles. The Labute approximate surface area is 172 Å². The molecule has 0 spiro atoms. The highest BCUT2D eigenvalue weighted by Gasteiger charge is 2.43. The second-order valence-electron chi connectivity index (χ2n) is 8.67. The number of pyridine rings is 1. The van der Waals surface area contributed by atoms with E-state index in [2.05, 4.69) is 16.4 Å². The normalized spacial score (nSPS) is 23.5. The number of rotatable bonds is 4. The van der Waals surface area contributed by atoms with Gasteiger partial charge in [-0.1, -0.05) is 30.7 Å². The summed E-state index contributed by atoms with van der Waals surface area (Å²) in [5, 5.41) is 14.2. The summed E-state index contributed by atoms with van der Waals surface area (Å²) in [4.78, 5) is 27.8. The van der Waals surface area contributed by atoms with E-state index in [1.807, 2.05) is 6.07 Å². The molecule has 2 N–H and O–H groups in total. The number of aromatic nitrogens is 1. The van der Waals surface area contributed by atoms with Crippen LogP contribution in [0.4, 0.5) is 4.39 Å². The van der Waals surface area contributed by atoms with Crippen LogP contribution in [0.15, 0.2) is 41.2 Å². The monoisotopic (exact) mass is 403 g/mol. The minimum atomic E-state index is -0.647. The summed E-state index contributed by atoms with van der Waals surface area (Å²) in [6.07, 6.45) is 4.73. The highest BCUT2D eigenvalue weighted by atomic mass is 19.1. The van der Waals surface area contributed by atoms with Crippen molar-refractivity contribution in [2.75, 3.05) is 0 Å². The molecule has 0 aliphatic heterocycles. The van der Waals surface area contributed by atoms with Gasteiger partial charge < -0.3 is 10.3 Å². The second kappa shape index (κ2) is 7.24. The number of nitrogens with zero attached hydrogens (tertiary/aromatic N) is 1. The molecule has 1 aromatic heterocycles. The van der Waals surface area contributed by atoms with Crippen LogP contribution in [0.1, 0.15) is 31.2 Å². The Morgan fingerprint density at radius 2 is 2.07 bits per heavy atom. The molecule has 1 unspecified atom stereocenters. The molecule has 2 aliphatic rings. The lowest BCUT2D eigenvalue weighted by atomic mass is 9.88. The van der Waals surface area contributed by atoms with Crippen LogP contribution >= 0.6 is 0 Å². The predicted octanol–water partition coefficient (Wildman–Crippen LogP) is 3.81. The first kappa shape index (κ1) is 18.8. The fraction of sp³-hybridized carbons (Fsp3) is 0.375. The number of carbonyl (C=O) groups is 1. The first-order valence-corrected chi connectivity index (χ1v) is 10.5. The molecule has 5 nitrogen and oxygen atoms in total. The van der Waals surface area contributed by atoms with Gasteiger partial charge in [0.2, 0.25) is 5.91 Å². The minimum absolute atomic E-state index is 0.0196. The van der Waals surface area contributed by atoms with Gasteiger partial charge in [-0.2, -0.15) is 5.26 Å². The molecule has 0 saturated heterocycles. The molecule has 5 rings (SSSR count). The maximum absolute atomic E-state index is 14.1. The SMILES string of the molecule is N#CC(Cc1ccc2c(c1)c(=O)[nH]c1c(F)cccc12)NC(=O)[C@H]1C[C@@H]2CC[C@H]1C2. The van der Waals surface area contributed by atoms with Gasteiger partial charge in [0.1, 0.15) is 11.9 Å². The number of carbonyl (C=O) groups excluding carboxylic acids is 1. The van der Waals surface area contributed by atoms with Gasteiger partial charge in [0, 0.05) is 23.1 Å². The molecule has 4 atom stereocenters. The Morgan fingerprint density at radius 1 is 1.20 bits per heavy atom. The summed E-state index contributed by atoms with van der Waals surface area (Å²) in [6, 6.07) is 11.6. The zero-order valence-electron chi connectivity index (χ0n) is 16.5. The number of hydrogen-bond donors (Lipinski definition) is 2. The molecule has 0 radical (unpaired) electrons. The molecular formula is C24H22FN3O2. The maximum Gasteiger partial charge on any atom is 0.256 e. The molecule has 1 amide bonds. The summed E-state index contributed by atoms with van der Waals surface area (Å²) >= 11 is 0. The van der Waals surface area contributed by atoms with Crippen molar-refractivity contribution in [3.05, 3.63) is 58.1 Å². The Hall–Kier alpha value is -3.20. The molecule has 152 valence electrons. The van der Waals surface area contributed by atoms with Gasteiger partial charge >= 0.3 is 0 Å². The number of fused-ring (bicyclic) bond motifs is 5. The molecule has 2 aromatic carbocycles. The lowest BCUT2D eigenvalue weighted by Gasteiger charge is -2.22. The molecular weight excluding hydrogens is 381 g/mol. The van der Waals surface area contributed by atoms with Gasteiger partial charge in [0.15, 0.2) is 0 Å². The van der Waals surface area contributed by atoms with E-state index in [1.165, 1.54) is 12.5 Å². The highest BCUT2D eigenvalue weighted by molar-refractivity contribution is 6.05. The number of halogens is 1. The van der Waals surface area contributed by atoms with E-state index in [9.17, 15) is 19.2 Å². The van der Waals surface area contributed by atoms with Crippen LogP contribution < -0.4 is 10.9 Å². The molecule has 2 bridgehead atoms. The van der Waals surface area contributed by atoms with Crippen LogP contribution in [0.3, 0.4) is 0 Å². The summed E-state index contributed by atoms with van der Waals surface area (Å²) < 4.78 is 14.1. The molecule has 6 heteroatoms. The fourth-order valence-corrected chi connectivity index (χ4v) is 5.41. The van der Waals surface area contributed by atoms with Gasteiger partial charge in [0.25, 0.3) is 5.56 Å². The first-order chi connectivity index (χ1) is 14.5. The topological polar surface area (TPSA) is 85.8 Å². The van der Waals surface area contributed by atoms with Crippen LogP contribution in [0.5, 0.6) is 0 Å². The Kier molecular flexibility index (Phi) is 4.54. The number of hydrogen-bond acceptors (Lipinski definition) is 3. The standard InChI is InChI=1S/C24H22FN3O2/c25-21-3-1-2-18-17-7-5-14(11-20(17)24(30)28-22(18)21)9-16(12-26)27-23(29)19-10-13-4-6-15(19)8-13/h1-3,5,7,11,13,15-16,19H,4,6,8-10H2,(H,27,29)(H,28,30)/t13-,15+,16?,19+/m1/s1. The largest absolute Gasteiger partial charge is 0.340 e. The quantitative estimate of drug-likeness (QED) is 0.650. The average molecular weight is 403 g/mol.